The van der Waals surface area contributed by atoms with Crippen molar-refractivity contribution in [2.75, 3.05) is 6.61 Å². The Balaban J connectivity index is 1.96. The highest BCUT2D eigenvalue weighted by Crippen LogP contribution is 2.30. The molecule has 0 atom stereocenters. The van der Waals surface area contributed by atoms with Crippen molar-refractivity contribution in [1.82, 2.24) is 20.1 Å². The van der Waals surface area contributed by atoms with E-state index < -0.39 is 0 Å². The third-order valence-corrected chi connectivity index (χ3v) is 4.73. The molecule has 0 aromatic carbocycles. The largest absolute Gasteiger partial charge is 0.394 e. The Morgan fingerprint density at radius 3 is 2.67 bits per heavy atom. The summed E-state index contributed by atoms with van der Waals surface area (Å²) in [6, 6.07) is 4.20. The average molecular weight is 349 g/mol. The van der Waals surface area contributed by atoms with E-state index in [0.29, 0.717) is 6.54 Å². The topological polar surface area (TPSA) is 63.0 Å². The number of thioether (sulfide) groups is 1. The first kappa shape index (κ1) is 19.0. The zero-order chi connectivity index (χ0) is 17.7. The van der Waals surface area contributed by atoms with Crippen LogP contribution in [0.1, 0.15) is 43.3 Å². The smallest absolute Gasteiger partial charge is 0.0968 e. The van der Waals surface area contributed by atoms with E-state index in [1.807, 2.05) is 17.8 Å². The van der Waals surface area contributed by atoms with Crippen molar-refractivity contribution in [2.24, 2.45) is 0 Å². The number of hydrogen-bond acceptors (Lipinski definition) is 5. The van der Waals surface area contributed by atoms with Gasteiger partial charge in [0.2, 0.25) is 0 Å². The Kier molecular flexibility index (Phi) is 6.43. The summed E-state index contributed by atoms with van der Waals surface area (Å²) in [5, 5.41) is 18.1. The lowest BCUT2D eigenvalue weighted by molar-refractivity contribution is 0.267. The molecule has 0 spiro atoms. The van der Waals surface area contributed by atoms with Crippen LogP contribution in [0.2, 0.25) is 0 Å². The van der Waals surface area contributed by atoms with Gasteiger partial charge in [-0.3, -0.25) is 4.68 Å². The molecule has 2 N–H and O–H groups in total. The SMILES string of the molecule is Cc1nn(CCO)c(C)c1CNCc1ccnc(SC(C)(C)C)c1. The first-order valence-electron chi connectivity index (χ1n) is 8.28. The van der Waals surface area contributed by atoms with Crippen LogP contribution in [0, 0.1) is 13.8 Å². The second kappa shape index (κ2) is 8.14. The molecular formula is C18H28N4OS. The van der Waals surface area contributed by atoms with E-state index in [4.69, 9.17) is 5.11 Å². The molecule has 2 aromatic heterocycles. The molecule has 0 bridgehead atoms. The van der Waals surface area contributed by atoms with E-state index in [1.165, 1.54) is 11.1 Å². The molecule has 0 unspecified atom stereocenters. The van der Waals surface area contributed by atoms with Crippen LogP contribution in [-0.2, 0) is 19.6 Å². The maximum Gasteiger partial charge on any atom is 0.0968 e. The summed E-state index contributed by atoms with van der Waals surface area (Å²) in [4.78, 5) is 4.44. The van der Waals surface area contributed by atoms with Gasteiger partial charge in [-0.1, -0.05) is 20.8 Å². The number of hydrogen-bond donors (Lipinski definition) is 2. The second-order valence-corrected chi connectivity index (χ2v) is 8.76. The van der Waals surface area contributed by atoms with Gasteiger partial charge in [0.25, 0.3) is 0 Å². The van der Waals surface area contributed by atoms with E-state index in [1.54, 1.807) is 11.8 Å². The summed E-state index contributed by atoms with van der Waals surface area (Å²) in [7, 11) is 0. The predicted octanol–water partition coefficient (Wildman–Crippen LogP) is 3.07. The minimum atomic E-state index is 0.111. The molecule has 2 rings (SSSR count). The number of aryl methyl sites for hydroxylation is 1. The van der Waals surface area contributed by atoms with Gasteiger partial charge in [-0.2, -0.15) is 5.10 Å². The quantitative estimate of drug-likeness (QED) is 0.753. The van der Waals surface area contributed by atoms with Gasteiger partial charge in [0.15, 0.2) is 0 Å². The summed E-state index contributed by atoms with van der Waals surface area (Å²) >= 11 is 1.78. The summed E-state index contributed by atoms with van der Waals surface area (Å²) < 4.78 is 2.03. The van der Waals surface area contributed by atoms with Crippen LogP contribution in [0.4, 0.5) is 0 Å². The highest BCUT2D eigenvalue weighted by atomic mass is 32.2. The third-order valence-electron chi connectivity index (χ3n) is 3.68. The third kappa shape index (κ3) is 5.33. The average Bonchev–Trinajstić information content (AvgIpc) is 2.74. The number of aliphatic hydroxyl groups excluding tert-OH is 1. The van der Waals surface area contributed by atoms with Gasteiger partial charge in [-0.05, 0) is 31.5 Å². The van der Waals surface area contributed by atoms with Crippen LogP contribution < -0.4 is 5.32 Å². The molecule has 0 aliphatic heterocycles. The maximum atomic E-state index is 9.09. The summed E-state index contributed by atoms with van der Waals surface area (Å²) in [5.41, 5.74) is 4.58. The van der Waals surface area contributed by atoms with E-state index in [9.17, 15) is 0 Å². The summed E-state index contributed by atoms with van der Waals surface area (Å²) in [5.74, 6) is 0. The lowest BCUT2D eigenvalue weighted by Crippen LogP contribution is -2.14. The molecule has 2 aromatic rings. The van der Waals surface area contributed by atoms with Crippen molar-refractivity contribution < 1.29 is 5.11 Å². The lowest BCUT2D eigenvalue weighted by Gasteiger charge is -2.17. The fraction of sp³-hybridized carbons (Fsp3) is 0.556. The van der Waals surface area contributed by atoms with Crippen LogP contribution in [0.15, 0.2) is 23.4 Å². The Morgan fingerprint density at radius 2 is 2.00 bits per heavy atom. The predicted molar refractivity (Wildman–Crippen MR) is 99.2 cm³/mol. The van der Waals surface area contributed by atoms with Gasteiger partial charge >= 0.3 is 0 Å². The van der Waals surface area contributed by atoms with Gasteiger partial charge in [0.05, 0.1) is 23.9 Å². The zero-order valence-electron chi connectivity index (χ0n) is 15.3. The first-order valence-corrected chi connectivity index (χ1v) is 9.10. The maximum absolute atomic E-state index is 9.09. The molecule has 0 fully saturated rings. The van der Waals surface area contributed by atoms with Crippen LogP contribution in [0.5, 0.6) is 0 Å². The van der Waals surface area contributed by atoms with E-state index in [2.05, 4.69) is 55.2 Å². The summed E-state index contributed by atoms with van der Waals surface area (Å²) in [6.45, 7) is 12.9. The minimum Gasteiger partial charge on any atom is -0.394 e. The lowest BCUT2D eigenvalue weighted by atomic mass is 10.2. The van der Waals surface area contributed by atoms with E-state index in [-0.39, 0.29) is 11.4 Å². The number of aromatic nitrogens is 3. The molecule has 132 valence electrons. The van der Waals surface area contributed by atoms with Crippen molar-refractivity contribution in [3.63, 3.8) is 0 Å². The zero-order valence-corrected chi connectivity index (χ0v) is 16.1. The van der Waals surface area contributed by atoms with Crippen molar-refractivity contribution in [3.8, 4) is 0 Å². The summed E-state index contributed by atoms with van der Waals surface area (Å²) in [6.07, 6.45) is 1.88. The number of pyridine rings is 1. The first-order chi connectivity index (χ1) is 11.3. The van der Waals surface area contributed by atoms with Crippen molar-refractivity contribution in [3.05, 3.63) is 40.8 Å². The number of aliphatic hydroxyl groups is 1. The molecule has 0 aliphatic rings. The van der Waals surface area contributed by atoms with Crippen LogP contribution in [0.25, 0.3) is 0 Å². The number of rotatable bonds is 7. The van der Waals surface area contributed by atoms with Gasteiger partial charge in [0, 0.05) is 35.3 Å². The van der Waals surface area contributed by atoms with Crippen molar-refractivity contribution in [1.29, 1.82) is 0 Å². The van der Waals surface area contributed by atoms with E-state index >= 15 is 0 Å². The molecule has 0 saturated carbocycles. The molecule has 24 heavy (non-hydrogen) atoms. The second-order valence-electron chi connectivity index (χ2n) is 6.92. The molecular weight excluding hydrogens is 320 g/mol. The number of nitrogens with zero attached hydrogens (tertiary/aromatic N) is 3. The van der Waals surface area contributed by atoms with Crippen LogP contribution in [0.3, 0.4) is 0 Å². The Bertz CT molecular complexity index is 676. The minimum absolute atomic E-state index is 0.111. The van der Waals surface area contributed by atoms with Gasteiger partial charge in [-0.15, -0.1) is 11.8 Å². The molecule has 0 amide bonds. The standard InChI is InChI=1S/C18H28N4OS/c1-13-16(14(2)22(21-13)8-9-23)12-19-11-15-6-7-20-17(10-15)24-18(3,4)5/h6-7,10,19,23H,8-9,11-12H2,1-5H3. The van der Waals surface area contributed by atoms with Crippen molar-refractivity contribution >= 4 is 11.8 Å². The molecule has 5 nitrogen and oxygen atoms in total. The fourth-order valence-electron chi connectivity index (χ4n) is 2.56. The molecule has 2 heterocycles. The van der Waals surface area contributed by atoms with Gasteiger partial charge in [-0.25, -0.2) is 4.98 Å². The monoisotopic (exact) mass is 348 g/mol. The highest BCUT2D eigenvalue weighted by molar-refractivity contribution is 8.00. The Morgan fingerprint density at radius 1 is 1.25 bits per heavy atom. The highest BCUT2D eigenvalue weighted by Gasteiger charge is 2.13. The van der Waals surface area contributed by atoms with E-state index in [0.717, 1.165) is 29.5 Å². The fourth-order valence-corrected chi connectivity index (χ4v) is 3.52. The van der Waals surface area contributed by atoms with Gasteiger partial charge in [0.1, 0.15) is 0 Å². The molecule has 0 aliphatic carbocycles. The van der Waals surface area contributed by atoms with Crippen LogP contribution >= 0.6 is 11.8 Å². The molecule has 0 saturated heterocycles. The number of nitrogens with one attached hydrogen (secondary N) is 1. The molecule has 0 radical (unpaired) electrons. The van der Waals surface area contributed by atoms with Crippen molar-refractivity contribution in [2.45, 2.75) is 64.0 Å². The van der Waals surface area contributed by atoms with Crippen LogP contribution in [-0.4, -0.2) is 31.2 Å². The van der Waals surface area contributed by atoms with Gasteiger partial charge < -0.3 is 10.4 Å². The normalized spacial score (nSPS) is 11.9. The Hall–Kier alpha value is -1.37. The molecule has 6 heteroatoms. The Labute approximate surface area is 148 Å².